The van der Waals surface area contributed by atoms with Gasteiger partial charge in [-0.2, -0.15) is 0 Å². The van der Waals surface area contributed by atoms with E-state index in [0.717, 1.165) is 53.1 Å². The van der Waals surface area contributed by atoms with E-state index in [9.17, 15) is 14.7 Å². The summed E-state index contributed by atoms with van der Waals surface area (Å²) in [5.41, 5.74) is 2.69. The monoisotopic (exact) mass is 493 g/mol. The Balaban J connectivity index is 1.52. The quantitative estimate of drug-likeness (QED) is 0.345. The molecule has 1 unspecified atom stereocenters. The molecule has 0 bridgehead atoms. The van der Waals surface area contributed by atoms with Crippen LogP contribution >= 0.6 is 11.6 Å². The third-order valence-electron chi connectivity index (χ3n) is 6.89. The molecule has 3 aromatic carbocycles. The van der Waals surface area contributed by atoms with E-state index < -0.39 is 5.97 Å². The smallest absolute Gasteiger partial charge is 0.304 e. The van der Waals surface area contributed by atoms with Crippen LogP contribution in [0.25, 0.3) is 10.8 Å². The second kappa shape index (κ2) is 11.6. The number of amides is 1. The van der Waals surface area contributed by atoms with Crippen LogP contribution in [0.1, 0.15) is 67.6 Å². The van der Waals surface area contributed by atoms with E-state index in [0.29, 0.717) is 10.8 Å². The number of halogens is 1. The summed E-state index contributed by atoms with van der Waals surface area (Å²) in [5.74, 6) is -0.681. The fraction of sp³-hybridized carbons (Fsp3) is 0.379. The van der Waals surface area contributed by atoms with E-state index in [1.807, 2.05) is 61.5 Å². The van der Waals surface area contributed by atoms with Crippen molar-refractivity contribution in [2.45, 2.75) is 63.8 Å². The molecule has 5 nitrogen and oxygen atoms in total. The molecule has 1 fully saturated rings. The van der Waals surface area contributed by atoms with Crippen LogP contribution in [0, 0.1) is 6.92 Å². The van der Waals surface area contributed by atoms with Gasteiger partial charge in [0.05, 0.1) is 6.42 Å². The maximum absolute atomic E-state index is 12.4. The van der Waals surface area contributed by atoms with E-state index >= 15 is 0 Å². The summed E-state index contributed by atoms with van der Waals surface area (Å²) in [6.45, 7) is 1.89. The normalized spacial score (nSPS) is 15.4. The number of ether oxygens (including phenoxy) is 1. The van der Waals surface area contributed by atoms with Gasteiger partial charge in [0.2, 0.25) is 0 Å². The molecular weight excluding hydrogens is 462 g/mol. The molecule has 35 heavy (non-hydrogen) atoms. The molecule has 0 saturated heterocycles. The highest BCUT2D eigenvalue weighted by Crippen LogP contribution is 2.35. The van der Waals surface area contributed by atoms with Crippen LogP contribution in [0.5, 0.6) is 5.75 Å². The van der Waals surface area contributed by atoms with Crippen molar-refractivity contribution in [3.63, 3.8) is 0 Å². The fourth-order valence-corrected chi connectivity index (χ4v) is 5.16. The SMILES string of the molecule is Cc1c(Cl)cccc1C(CC(=O)O)c1ccc2ccc(OCC(=O)NC3CCCCCC3)cc2c1. The summed E-state index contributed by atoms with van der Waals surface area (Å²) < 4.78 is 5.81. The fourth-order valence-electron chi connectivity index (χ4n) is 4.98. The van der Waals surface area contributed by atoms with Crippen molar-refractivity contribution < 1.29 is 19.4 Å². The van der Waals surface area contributed by atoms with E-state index in [2.05, 4.69) is 5.32 Å². The number of fused-ring (bicyclic) bond motifs is 1. The van der Waals surface area contributed by atoms with Crippen LogP contribution in [0.3, 0.4) is 0 Å². The van der Waals surface area contributed by atoms with Crippen molar-refractivity contribution in [1.82, 2.24) is 5.32 Å². The number of benzene rings is 3. The van der Waals surface area contributed by atoms with Gasteiger partial charge in [-0.3, -0.25) is 9.59 Å². The summed E-state index contributed by atoms with van der Waals surface area (Å²) in [4.78, 5) is 24.1. The topological polar surface area (TPSA) is 75.6 Å². The van der Waals surface area contributed by atoms with Crippen molar-refractivity contribution in [2.24, 2.45) is 0 Å². The molecule has 1 aliphatic carbocycles. The summed E-state index contributed by atoms with van der Waals surface area (Å²) >= 11 is 6.33. The van der Waals surface area contributed by atoms with Crippen LogP contribution < -0.4 is 10.1 Å². The zero-order valence-electron chi connectivity index (χ0n) is 20.1. The standard InChI is InChI=1S/C29H32ClNO4/c1-19-25(9-6-10-27(19)30)26(17-29(33)34)21-12-11-20-13-14-24(16-22(20)15-21)35-18-28(32)31-23-7-4-2-3-5-8-23/h6,9-16,23,26H,2-5,7-8,17-18H2,1H3,(H,31,32)(H,33,34). The van der Waals surface area contributed by atoms with Gasteiger partial charge in [-0.15, -0.1) is 0 Å². The number of aliphatic carboxylic acids is 1. The van der Waals surface area contributed by atoms with Gasteiger partial charge in [0.1, 0.15) is 5.75 Å². The molecule has 1 saturated carbocycles. The van der Waals surface area contributed by atoms with E-state index in [4.69, 9.17) is 16.3 Å². The maximum Gasteiger partial charge on any atom is 0.304 e. The number of rotatable bonds is 8. The Morgan fingerprint density at radius 3 is 2.51 bits per heavy atom. The number of hydrogen-bond donors (Lipinski definition) is 2. The van der Waals surface area contributed by atoms with Crippen molar-refractivity contribution in [1.29, 1.82) is 0 Å². The van der Waals surface area contributed by atoms with Crippen LogP contribution in [0.15, 0.2) is 54.6 Å². The highest BCUT2D eigenvalue weighted by molar-refractivity contribution is 6.31. The van der Waals surface area contributed by atoms with Crippen LogP contribution in [0.4, 0.5) is 0 Å². The molecule has 0 aromatic heterocycles. The first-order valence-corrected chi connectivity index (χ1v) is 12.7. The second-order valence-corrected chi connectivity index (χ2v) is 9.82. The van der Waals surface area contributed by atoms with Crippen LogP contribution in [-0.2, 0) is 9.59 Å². The lowest BCUT2D eigenvalue weighted by molar-refractivity contribution is -0.137. The first-order chi connectivity index (χ1) is 16.9. The predicted octanol–water partition coefficient (Wildman–Crippen LogP) is 6.63. The molecule has 1 aliphatic rings. The minimum Gasteiger partial charge on any atom is -0.484 e. The van der Waals surface area contributed by atoms with Crippen LogP contribution in [0.2, 0.25) is 5.02 Å². The largest absolute Gasteiger partial charge is 0.484 e. The van der Waals surface area contributed by atoms with E-state index in [1.54, 1.807) is 0 Å². The molecule has 1 amide bonds. The number of nitrogens with one attached hydrogen (secondary N) is 1. The van der Waals surface area contributed by atoms with E-state index in [1.165, 1.54) is 12.8 Å². The number of carbonyl (C=O) groups is 2. The number of hydrogen-bond acceptors (Lipinski definition) is 3. The average Bonchev–Trinajstić information content (AvgIpc) is 3.11. The van der Waals surface area contributed by atoms with Gasteiger partial charge in [0.15, 0.2) is 6.61 Å². The molecule has 0 heterocycles. The Kier molecular flexibility index (Phi) is 8.29. The van der Waals surface area contributed by atoms with Crippen molar-refractivity contribution in [3.8, 4) is 5.75 Å². The first kappa shape index (κ1) is 25.1. The summed E-state index contributed by atoms with van der Waals surface area (Å²) in [5, 5.41) is 15.3. The second-order valence-electron chi connectivity index (χ2n) is 9.42. The Hall–Kier alpha value is -3.05. The maximum atomic E-state index is 12.4. The Morgan fingerprint density at radius 1 is 1.03 bits per heavy atom. The predicted molar refractivity (Wildman–Crippen MR) is 139 cm³/mol. The molecule has 3 aromatic rings. The Bertz CT molecular complexity index is 1200. The summed E-state index contributed by atoms with van der Waals surface area (Å²) in [7, 11) is 0. The molecule has 1 atom stereocenters. The Labute approximate surface area is 211 Å². The van der Waals surface area contributed by atoms with E-state index in [-0.39, 0.29) is 30.9 Å². The summed E-state index contributed by atoms with van der Waals surface area (Å²) in [6, 6.07) is 17.5. The highest BCUT2D eigenvalue weighted by atomic mass is 35.5. The molecule has 2 N–H and O–H groups in total. The molecule has 0 aliphatic heterocycles. The lowest BCUT2D eigenvalue weighted by Crippen LogP contribution is -2.37. The molecule has 4 rings (SSSR count). The third-order valence-corrected chi connectivity index (χ3v) is 7.30. The van der Waals surface area contributed by atoms with Crippen LogP contribution in [-0.4, -0.2) is 29.6 Å². The van der Waals surface area contributed by atoms with Crippen molar-refractivity contribution >= 4 is 34.2 Å². The first-order valence-electron chi connectivity index (χ1n) is 12.3. The van der Waals surface area contributed by atoms with Gasteiger partial charge in [0, 0.05) is 17.0 Å². The number of carbonyl (C=O) groups excluding carboxylic acids is 1. The Morgan fingerprint density at radius 2 is 1.77 bits per heavy atom. The van der Waals surface area contributed by atoms with Gasteiger partial charge in [-0.1, -0.05) is 73.7 Å². The summed E-state index contributed by atoms with van der Waals surface area (Å²) in [6.07, 6.45) is 6.84. The minimum atomic E-state index is -0.869. The lowest BCUT2D eigenvalue weighted by atomic mass is 9.85. The zero-order valence-corrected chi connectivity index (χ0v) is 20.8. The van der Waals surface area contributed by atoms with Crippen molar-refractivity contribution in [2.75, 3.05) is 6.61 Å². The van der Waals surface area contributed by atoms with Gasteiger partial charge in [-0.05, 0) is 65.4 Å². The van der Waals surface area contributed by atoms with Gasteiger partial charge >= 0.3 is 5.97 Å². The third kappa shape index (κ3) is 6.55. The number of carboxylic acids is 1. The molecule has 0 spiro atoms. The number of carboxylic acid groups (broad SMARTS) is 1. The van der Waals surface area contributed by atoms with Gasteiger partial charge in [0.25, 0.3) is 5.91 Å². The molecule has 6 heteroatoms. The molecule has 184 valence electrons. The zero-order chi connectivity index (χ0) is 24.8. The van der Waals surface area contributed by atoms with Gasteiger partial charge in [-0.25, -0.2) is 0 Å². The minimum absolute atomic E-state index is 0.0228. The average molecular weight is 494 g/mol. The molecule has 0 radical (unpaired) electrons. The van der Waals surface area contributed by atoms with Crippen molar-refractivity contribution in [3.05, 3.63) is 76.3 Å². The lowest BCUT2D eigenvalue weighted by Gasteiger charge is -2.20. The molecular formula is C29H32ClNO4. The highest BCUT2D eigenvalue weighted by Gasteiger charge is 2.21. The van der Waals surface area contributed by atoms with Gasteiger partial charge < -0.3 is 15.2 Å².